The fraction of sp³-hybridized carbons (Fsp3) is 0.133. The molecule has 2 aromatic carbocycles. The van der Waals surface area contributed by atoms with Gasteiger partial charge >= 0.3 is 0 Å². The van der Waals surface area contributed by atoms with Crippen LogP contribution < -0.4 is 0 Å². The molecule has 0 fully saturated rings. The molecule has 0 saturated carbocycles. The number of rotatable bonds is 2. The topological polar surface area (TPSA) is 17.1 Å². The van der Waals surface area contributed by atoms with E-state index in [9.17, 15) is 4.79 Å². The van der Waals surface area contributed by atoms with E-state index in [1.807, 2.05) is 25.1 Å². The number of carbonyl (C=O) groups is 1. The summed E-state index contributed by atoms with van der Waals surface area (Å²) >= 11 is 1.78. The molecule has 1 heterocycles. The van der Waals surface area contributed by atoms with Gasteiger partial charge in [-0.25, -0.2) is 0 Å². The normalized spacial score (nSPS) is 11.1. The maximum Gasteiger partial charge on any atom is 0.162 e. The van der Waals surface area contributed by atoms with Crippen LogP contribution >= 0.6 is 11.3 Å². The number of benzene rings is 2. The Morgan fingerprint density at radius 2 is 1.82 bits per heavy atom. The fourth-order valence-corrected chi connectivity index (χ4v) is 3.19. The molecule has 0 bridgehead atoms. The molecule has 84 valence electrons. The van der Waals surface area contributed by atoms with Crippen LogP contribution in [0.2, 0.25) is 0 Å². The minimum Gasteiger partial charge on any atom is -0.294 e. The maximum atomic E-state index is 11.7. The zero-order chi connectivity index (χ0) is 11.8. The summed E-state index contributed by atoms with van der Waals surface area (Å²) in [4.78, 5) is 11.7. The summed E-state index contributed by atoms with van der Waals surface area (Å²) < 4.78 is 2.53. The van der Waals surface area contributed by atoms with E-state index in [0.717, 1.165) is 5.56 Å². The van der Waals surface area contributed by atoms with Crippen LogP contribution in [-0.2, 0) is 0 Å². The van der Waals surface area contributed by atoms with Gasteiger partial charge in [-0.1, -0.05) is 25.1 Å². The van der Waals surface area contributed by atoms with Crippen molar-refractivity contribution in [2.75, 3.05) is 0 Å². The molecular formula is C15H12OS. The zero-order valence-electron chi connectivity index (χ0n) is 9.57. The molecular weight excluding hydrogens is 228 g/mol. The van der Waals surface area contributed by atoms with Gasteiger partial charge in [0, 0.05) is 32.2 Å². The first kappa shape index (κ1) is 10.5. The van der Waals surface area contributed by atoms with Gasteiger partial charge in [0.1, 0.15) is 0 Å². The van der Waals surface area contributed by atoms with Crippen molar-refractivity contribution in [3.05, 3.63) is 48.0 Å². The molecule has 0 aliphatic carbocycles. The molecule has 0 aliphatic heterocycles. The Kier molecular flexibility index (Phi) is 2.45. The highest BCUT2D eigenvalue weighted by Crippen LogP contribution is 2.34. The van der Waals surface area contributed by atoms with Gasteiger partial charge in [-0.3, -0.25) is 4.79 Å². The van der Waals surface area contributed by atoms with Crippen molar-refractivity contribution in [2.45, 2.75) is 13.3 Å². The molecule has 0 atom stereocenters. The van der Waals surface area contributed by atoms with Gasteiger partial charge in [-0.05, 0) is 24.3 Å². The van der Waals surface area contributed by atoms with E-state index in [4.69, 9.17) is 0 Å². The van der Waals surface area contributed by atoms with Gasteiger partial charge in [0.2, 0.25) is 0 Å². The standard InChI is InChI=1S/C15H12OS/c1-2-13(16)10-7-8-15-12(9-10)11-5-3-4-6-14(11)17-15/h3-9H,2H2,1H3. The number of hydrogen-bond acceptors (Lipinski definition) is 2. The molecule has 3 rings (SSSR count). The molecule has 0 aliphatic rings. The molecule has 0 amide bonds. The SMILES string of the molecule is CCC(=O)c1ccc2sc3ccccc3c2c1. The van der Waals surface area contributed by atoms with Crippen molar-refractivity contribution >= 4 is 37.3 Å². The van der Waals surface area contributed by atoms with E-state index in [2.05, 4.69) is 24.3 Å². The van der Waals surface area contributed by atoms with Crippen molar-refractivity contribution in [1.29, 1.82) is 0 Å². The number of carbonyl (C=O) groups excluding carboxylic acids is 1. The van der Waals surface area contributed by atoms with Gasteiger partial charge in [-0.15, -0.1) is 11.3 Å². The first-order chi connectivity index (χ1) is 8.29. The Morgan fingerprint density at radius 3 is 2.65 bits per heavy atom. The second-order valence-corrected chi connectivity index (χ2v) is 5.17. The van der Waals surface area contributed by atoms with Gasteiger partial charge < -0.3 is 0 Å². The third-order valence-electron chi connectivity index (χ3n) is 3.02. The number of hydrogen-bond donors (Lipinski definition) is 0. The molecule has 2 heteroatoms. The van der Waals surface area contributed by atoms with Crippen LogP contribution in [0.15, 0.2) is 42.5 Å². The lowest BCUT2D eigenvalue weighted by Crippen LogP contribution is -1.94. The molecule has 0 unspecified atom stereocenters. The van der Waals surface area contributed by atoms with Crippen LogP contribution in [0.1, 0.15) is 23.7 Å². The fourth-order valence-electron chi connectivity index (χ4n) is 2.10. The van der Waals surface area contributed by atoms with E-state index in [-0.39, 0.29) is 5.78 Å². The largest absolute Gasteiger partial charge is 0.294 e. The van der Waals surface area contributed by atoms with Crippen molar-refractivity contribution in [1.82, 2.24) is 0 Å². The monoisotopic (exact) mass is 240 g/mol. The summed E-state index contributed by atoms with van der Waals surface area (Å²) in [7, 11) is 0. The Balaban J connectivity index is 2.33. The zero-order valence-corrected chi connectivity index (χ0v) is 10.4. The molecule has 0 radical (unpaired) electrons. The first-order valence-corrected chi connectivity index (χ1v) is 6.55. The molecule has 3 aromatic rings. The summed E-state index contributed by atoms with van der Waals surface area (Å²) in [5, 5.41) is 2.45. The van der Waals surface area contributed by atoms with Gasteiger partial charge in [-0.2, -0.15) is 0 Å². The first-order valence-electron chi connectivity index (χ1n) is 5.74. The molecule has 0 N–H and O–H groups in total. The summed E-state index contributed by atoms with van der Waals surface area (Å²) in [5.74, 6) is 0.210. The van der Waals surface area contributed by atoms with Crippen molar-refractivity contribution in [3.63, 3.8) is 0 Å². The third-order valence-corrected chi connectivity index (χ3v) is 4.17. The van der Waals surface area contributed by atoms with Crippen LogP contribution in [0.25, 0.3) is 20.2 Å². The van der Waals surface area contributed by atoms with Gasteiger partial charge in [0.05, 0.1) is 0 Å². The van der Waals surface area contributed by atoms with E-state index in [1.165, 1.54) is 20.2 Å². The highest BCUT2D eigenvalue weighted by atomic mass is 32.1. The van der Waals surface area contributed by atoms with Crippen LogP contribution in [0.4, 0.5) is 0 Å². The highest BCUT2D eigenvalue weighted by molar-refractivity contribution is 7.25. The van der Waals surface area contributed by atoms with E-state index in [1.54, 1.807) is 11.3 Å². The summed E-state index contributed by atoms with van der Waals surface area (Å²) in [6.45, 7) is 1.90. The average molecular weight is 240 g/mol. The lowest BCUT2D eigenvalue weighted by Gasteiger charge is -1.98. The third kappa shape index (κ3) is 1.65. The van der Waals surface area contributed by atoms with Crippen LogP contribution in [0, 0.1) is 0 Å². The second-order valence-electron chi connectivity index (χ2n) is 4.09. The molecule has 0 saturated heterocycles. The van der Waals surface area contributed by atoms with Crippen molar-refractivity contribution in [2.24, 2.45) is 0 Å². The van der Waals surface area contributed by atoms with Gasteiger partial charge in [0.25, 0.3) is 0 Å². The molecule has 17 heavy (non-hydrogen) atoms. The number of ketones is 1. The number of fused-ring (bicyclic) bond motifs is 3. The average Bonchev–Trinajstić information content (AvgIpc) is 2.75. The number of thiophene rings is 1. The summed E-state index contributed by atoms with van der Waals surface area (Å²) in [6, 6.07) is 14.4. The van der Waals surface area contributed by atoms with E-state index < -0.39 is 0 Å². The second kappa shape index (κ2) is 3.97. The van der Waals surface area contributed by atoms with Crippen molar-refractivity contribution in [3.8, 4) is 0 Å². The Labute approximate surface area is 104 Å². The van der Waals surface area contributed by atoms with Gasteiger partial charge in [0.15, 0.2) is 5.78 Å². The molecule has 1 nitrogen and oxygen atoms in total. The summed E-state index contributed by atoms with van der Waals surface area (Å²) in [6.07, 6.45) is 0.563. The Morgan fingerprint density at radius 1 is 1.06 bits per heavy atom. The maximum absolute atomic E-state index is 11.7. The number of Topliss-reactive ketones (excluding diaryl/α,β-unsaturated/α-hetero) is 1. The molecule has 0 spiro atoms. The quantitative estimate of drug-likeness (QED) is 0.596. The van der Waals surface area contributed by atoms with E-state index in [0.29, 0.717) is 6.42 Å². The Hall–Kier alpha value is -1.67. The van der Waals surface area contributed by atoms with Crippen LogP contribution in [-0.4, -0.2) is 5.78 Å². The summed E-state index contributed by atoms with van der Waals surface area (Å²) in [5.41, 5.74) is 0.823. The lowest BCUT2D eigenvalue weighted by molar-refractivity contribution is 0.0988. The van der Waals surface area contributed by atoms with Crippen molar-refractivity contribution < 1.29 is 4.79 Å². The molecule has 1 aromatic heterocycles. The smallest absolute Gasteiger partial charge is 0.162 e. The van der Waals surface area contributed by atoms with Crippen LogP contribution in [0.3, 0.4) is 0 Å². The predicted molar refractivity (Wildman–Crippen MR) is 74.0 cm³/mol. The predicted octanol–water partition coefficient (Wildman–Crippen LogP) is 4.65. The Bertz CT molecular complexity index is 709. The minimum atomic E-state index is 0.210. The van der Waals surface area contributed by atoms with E-state index >= 15 is 0 Å². The van der Waals surface area contributed by atoms with Crippen LogP contribution in [0.5, 0.6) is 0 Å². The highest BCUT2D eigenvalue weighted by Gasteiger charge is 2.08. The lowest BCUT2D eigenvalue weighted by atomic mass is 10.1. The minimum absolute atomic E-state index is 0.210.